The van der Waals surface area contributed by atoms with E-state index in [2.05, 4.69) is 25.5 Å². The van der Waals surface area contributed by atoms with Gasteiger partial charge in [0.1, 0.15) is 5.82 Å². The summed E-state index contributed by atoms with van der Waals surface area (Å²) in [5.41, 5.74) is 0. The van der Waals surface area contributed by atoms with Gasteiger partial charge in [-0.3, -0.25) is 4.90 Å². The molecule has 0 radical (unpaired) electrons. The van der Waals surface area contributed by atoms with E-state index in [-0.39, 0.29) is 0 Å². The Bertz CT molecular complexity index is 436. The summed E-state index contributed by atoms with van der Waals surface area (Å²) in [4.78, 5) is 9.87. The average molecular weight is 304 g/mol. The lowest BCUT2D eigenvalue weighted by atomic mass is 10.1. The number of aromatic nitrogens is 2. The Morgan fingerprint density at radius 1 is 1.09 bits per heavy atom. The van der Waals surface area contributed by atoms with Crippen LogP contribution in [0.2, 0.25) is 0 Å². The van der Waals surface area contributed by atoms with Gasteiger partial charge in [-0.05, 0) is 38.3 Å². The summed E-state index contributed by atoms with van der Waals surface area (Å²) in [6.45, 7) is 10.2. The first-order valence-electron chi connectivity index (χ1n) is 8.89. The summed E-state index contributed by atoms with van der Waals surface area (Å²) in [7, 11) is 0. The van der Waals surface area contributed by atoms with Crippen LogP contribution in [0, 0.1) is 11.8 Å². The summed E-state index contributed by atoms with van der Waals surface area (Å²) >= 11 is 0. The quantitative estimate of drug-likeness (QED) is 0.843. The molecule has 2 saturated heterocycles. The third-order valence-corrected chi connectivity index (χ3v) is 5.39. The van der Waals surface area contributed by atoms with Gasteiger partial charge in [0, 0.05) is 51.1 Å². The van der Waals surface area contributed by atoms with E-state index in [9.17, 15) is 0 Å². The zero-order valence-corrected chi connectivity index (χ0v) is 13.5. The molecule has 0 aliphatic carbocycles. The molecule has 0 N–H and O–H groups in total. The van der Waals surface area contributed by atoms with Crippen LogP contribution >= 0.6 is 0 Å². The minimum Gasteiger partial charge on any atom is -0.381 e. The van der Waals surface area contributed by atoms with Crippen LogP contribution in [0.3, 0.4) is 0 Å². The van der Waals surface area contributed by atoms with E-state index in [1.54, 1.807) is 0 Å². The standard InChI is InChI=1S/C17H28N4O/c1-2-6-19(5-1)10-16-11-20(9-15-3-8-22-14-15)13-17-18-4-7-21(17)12-16/h4,7,15-16H,1-3,5-6,8-14H2/t15-,16+/m1/s1. The van der Waals surface area contributed by atoms with Crippen molar-refractivity contribution in [3.05, 3.63) is 18.2 Å². The molecular formula is C17H28N4O. The zero-order chi connectivity index (χ0) is 14.8. The predicted molar refractivity (Wildman–Crippen MR) is 85.6 cm³/mol. The molecule has 0 spiro atoms. The predicted octanol–water partition coefficient (Wildman–Crippen LogP) is 1.45. The molecule has 2 atom stereocenters. The first-order chi connectivity index (χ1) is 10.9. The van der Waals surface area contributed by atoms with E-state index >= 15 is 0 Å². The van der Waals surface area contributed by atoms with Gasteiger partial charge < -0.3 is 14.2 Å². The number of fused-ring (bicyclic) bond motifs is 1. The van der Waals surface area contributed by atoms with E-state index in [1.807, 2.05) is 6.20 Å². The van der Waals surface area contributed by atoms with Crippen LogP contribution in [-0.4, -0.2) is 65.3 Å². The molecule has 4 heterocycles. The Hall–Kier alpha value is -0.910. The van der Waals surface area contributed by atoms with Gasteiger partial charge in [0.2, 0.25) is 0 Å². The van der Waals surface area contributed by atoms with Crippen molar-refractivity contribution >= 4 is 0 Å². The molecule has 1 aromatic rings. The molecule has 1 aromatic heterocycles. The van der Waals surface area contributed by atoms with E-state index < -0.39 is 0 Å². The SMILES string of the molecule is c1cn2c(n1)CN(C[C@H]1CCOC1)C[C@H](CN1CCCC1)C2. The molecule has 3 aliphatic heterocycles. The van der Waals surface area contributed by atoms with Gasteiger partial charge in [-0.25, -0.2) is 4.98 Å². The topological polar surface area (TPSA) is 33.5 Å². The van der Waals surface area contributed by atoms with Crippen molar-refractivity contribution in [3.8, 4) is 0 Å². The first-order valence-corrected chi connectivity index (χ1v) is 8.89. The molecule has 0 unspecified atom stereocenters. The van der Waals surface area contributed by atoms with Gasteiger partial charge in [0.05, 0.1) is 13.2 Å². The van der Waals surface area contributed by atoms with E-state index in [0.29, 0.717) is 5.92 Å². The largest absolute Gasteiger partial charge is 0.381 e. The fourth-order valence-electron chi connectivity index (χ4n) is 4.30. The number of rotatable bonds is 4. The molecule has 3 aliphatic rings. The molecule has 0 saturated carbocycles. The Labute approximate surface area is 133 Å². The highest BCUT2D eigenvalue weighted by molar-refractivity contribution is 4.96. The second-order valence-electron chi connectivity index (χ2n) is 7.29. The maximum atomic E-state index is 5.56. The number of hydrogen-bond acceptors (Lipinski definition) is 4. The van der Waals surface area contributed by atoms with Gasteiger partial charge in [-0.1, -0.05) is 0 Å². The van der Waals surface area contributed by atoms with Crippen molar-refractivity contribution in [2.45, 2.75) is 32.4 Å². The first kappa shape index (κ1) is 14.7. The molecule has 2 fully saturated rings. The van der Waals surface area contributed by atoms with Crippen LogP contribution in [0.1, 0.15) is 25.1 Å². The van der Waals surface area contributed by atoms with E-state index in [4.69, 9.17) is 4.74 Å². The molecule has 5 heteroatoms. The maximum Gasteiger partial charge on any atom is 0.122 e. The third kappa shape index (κ3) is 3.36. The van der Waals surface area contributed by atoms with Crippen molar-refractivity contribution in [3.63, 3.8) is 0 Å². The minimum atomic E-state index is 0.717. The summed E-state index contributed by atoms with van der Waals surface area (Å²) in [5.74, 6) is 2.67. The summed E-state index contributed by atoms with van der Waals surface area (Å²) in [5, 5.41) is 0. The Morgan fingerprint density at radius 3 is 2.77 bits per heavy atom. The summed E-state index contributed by atoms with van der Waals surface area (Å²) in [6, 6.07) is 0. The average Bonchev–Trinajstić information content (AvgIpc) is 3.22. The zero-order valence-electron chi connectivity index (χ0n) is 13.5. The van der Waals surface area contributed by atoms with Gasteiger partial charge in [-0.15, -0.1) is 0 Å². The highest BCUT2D eigenvalue weighted by Gasteiger charge is 2.27. The lowest BCUT2D eigenvalue weighted by Gasteiger charge is -2.28. The van der Waals surface area contributed by atoms with Gasteiger partial charge in [0.25, 0.3) is 0 Å². The third-order valence-electron chi connectivity index (χ3n) is 5.39. The normalized spacial score (nSPS) is 30.5. The molecule has 5 nitrogen and oxygen atoms in total. The highest BCUT2D eigenvalue weighted by Crippen LogP contribution is 2.21. The van der Waals surface area contributed by atoms with Gasteiger partial charge in [0.15, 0.2) is 0 Å². The second-order valence-corrected chi connectivity index (χ2v) is 7.29. The van der Waals surface area contributed by atoms with Crippen LogP contribution < -0.4 is 0 Å². The molecule has 4 rings (SSSR count). The van der Waals surface area contributed by atoms with Gasteiger partial charge in [-0.2, -0.15) is 0 Å². The molecule has 22 heavy (non-hydrogen) atoms. The lowest BCUT2D eigenvalue weighted by Crippen LogP contribution is -2.37. The van der Waals surface area contributed by atoms with Crippen molar-refractivity contribution < 1.29 is 4.74 Å². The molecular weight excluding hydrogens is 276 g/mol. The number of likely N-dealkylation sites (tertiary alicyclic amines) is 1. The smallest absolute Gasteiger partial charge is 0.122 e. The lowest BCUT2D eigenvalue weighted by molar-refractivity contribution is 0.147. The van der Waals surface area contributed by atoms with E-state index in [1.165, 1.54) is 57.8 Å². The number of nitrogens with zero attached hydrogens (tertiary/aromatic N) is 4. The molecule has 0 amide bonds. The van der Waals surface area contributed by atoms with Gasteiger partial charge >= 0.3 is 0 Å². The highest BCUT2D eigenvalue weighted by atomic mass is 16.5. The van der Waals surface area contributed by atoms with Crippen molar-refractivity contribution in [2.24, 2.45) is 11.8 Å². The fourth-order valence-corrected chi connectivity index (χ4v) is 4.30. The minimum absolute atomic E-state index is 0.717. The van der Waals surface area contributed by atoms with Crippen LogP contribution in [0.5, 0.6) is 0 Å². The number of imidazole rings is 1. The number of hydrogen-bond donors (Lipinski definition) is 0. The van der Waals surface area contributed by atoms with Crippen LogP contribution in [0.25, 0.3) is 0 Å². The van der Waals surface area contributed by atoms with Crippen LogP contribution in [0.15, 0.2) is 12.4 Å². The Kier molecular flexibility index (Phi) is 4.46. The van der Waals surface area contributed by atoms with Crippen LogP contribution in [0.4, 0.5) is 0 Å². The van der Waals surface area contributed by atoms with Crippen LogP contribution in [-0.2, 0) is 17.8 Å². The van der Waals surface area contributed by atoms with Crippen molar-refractivity contribution in [1.82, 2.24) is 19.4 Å². The van der Waals surface area contributed by atoms with Crippen molar-refractivity contribution in [2.75, 3.05) is 45.9 Å². The number of ether oxygens (including phenoxy) is 1. The summed E-state index contributed by atoms with van der Waals surface area (Å²) < 4.78 is 7.94. The monoisotopic (exact) mass is 304 g/mol. The molecule has 0 aromatic carbocycles. The van der Waals surface area contributed by atoms with Crippen molar-refractivity contribution in [1.29, 1.82) is 0 Å². The molecule has 122 valence electrons. The second kappa shape index (κ2) is 6.69. The molecule has 0 bridgehead atoms. The Morgan fingerprint density at radius 2 is 1.95 bits per heavy atom. The summed E-state index contributed by atoms with van der Waals surface area (Å²) in [6.07, 6.45) is 8.11. The fraction of sp³-hybridized carbons (Fsp3) is 0.824. The Balaban J connectivity index is 1.44. The maximum absolute atomic E-state index is 5.56. The van der Waals surface area contributed by atoms with E-state index in [0.717, 1.165) is 32.2 Å².